The van der Waals surface area contributed by atoms with E-state index in [1.165, 1.54) is 17.4 Å². The van der Waals surface area contributed by atoms with Crippen LogP contribution in [0.4, 0.5) is 5.95 Å². The molecule has 5 heterocycles. The highest BCUT2D eigenvalue weighted by Crippen LogP contribution is 2.31. The number of piperidine rings is 1. The van der Waals surface area contributed by atoms with Gasteiger partial charge in [-0.1, -0.05) is 31.5 Å². The number of likely N-dealkylation sites (N-methyl/N-ethyl adjacent to an activating group) is 1. The number of aromatic nitrogens is 4. The fourth-order valence-electron chi connectivity index (χ4n) is 4.86. The first-order chi connectivity index (χ1) is 14.6. The van der Waals surface area contributed by atoms with Crippen molar-refractivity contribution in [1.29, 1.82) is 0 Å². The molecule has 3 aliphatic rings. The zero-order valence-corrected chi connectivity index (χ0v) is 17.6. The van der Waals surface area contributed by atoms with Crippen molar-refractivity contribution in [3.05, 3.63) is 41.9 Å². The van der Waals surface area contributed by atoms with Gasteiger partial charge < -0.3 is 20.2 Å². The molecule has 0 radical (unpaired) electrons. The Bertz CT molecular complexity index is 1030. The van der Waals surface area contributed by atoms with Gasteiger partial charge in [-0.15, -0.1) is 10.2 Å². The van der Waals surface area contributed by atoms with Crippen molar-refractivity contribution in [3.8, 4) is 0 Å². The van der Waals surface area contributed by atoms with Crippen LogP contribution in [-0.4, -0.2) is 69.2 Å². The summed E-state index contributed by atoms with van der Waals surface area (Å²) in [7, 11) is 2.18. The predicted octanol–water partition coefficient (Wildman–Crippen LogP) is 2.32. The largest absolute Gasteiger partial charge is 0.361 e. The molecule has 2 bridgehead atoms. The van der Waals surface area contributed by atoms with Crippen molar-refractivity contribution in [2.45, 2.75) is 50.7 Å². The number of para-hydroxylation sites is 1. The lowest BCUT2D eigenvalue weighted by molar-refractivity contribution is 0.0258. The van der Waals surface area contributed by atoms with E-state index >= 15 is 0 Å². The lowest BCUT2D eigenvalue weighted by atomic mass is 9.89. The molecular formula is C22H29N7O. The van der Waals surface area contributed by atoms with Gasteiger partial charge in [0.15, 0.2) is 0 Å². The van der Waals surface area contributed by atoms with Crippen molar-refractivity contribution >= 4 is 22.8 Å². The molecule has 1 amide bonds. The minimum absolute atomic E-state index is 0.0477. The molecule has 0 spiro atoms. The highest BCUT2D eigenvalue weighted by atomic mass is 16.2. The van der Waals surface area contributed by atoms with Crippen LogP contribution in [0.5, 0.6) is 0 Å². The first kappa shape index (κ1) is 19.1. The number of amides is 1. The summed E-state index contributed by atoms with van der Waals surface area (Å²) in [4.78, 5) is 23.9. The highest BCUT2D eigenvalue weighted by molar-refractivity contribution is 5.91. The molecule has 8 nitrogen and oxygen atoms in total. The summed E-state index contributed by atoms with van der Waals surface area (Å²) >= 11 is 0. The number of nitrogens with zero attached hydrogens (tertiary/aromatic N) is 4. The SMILES string of the molecule is CCCC(Cc1c[nH]c2ccccc12)NC(=O)c1nnc(N2CC3CC(C2)N3C)[nH]1. The number of H-pyrrole nitrogens is 2. The Morgan fingerprint density at radius 2 is 2.07 bits per heavy atom. The second-order valence-corrected chi connectivity index (χ2v) is 8.63. The maximum Gasteiger partial charge on any atom is 0.289 e. The number of carbonyl (C=O) groups is 1. The minimum Gasteiger partial charge on any atom is -0.361 e. The number of fused-ring (bicyclic) bond motifs is 3. The number of hydrogen-bond donors (Lipinski definition) is 3. The van der Waals surface area contributed by atoms with Gasteiger partial charge in [0, 0.05) is 48.3 Å². The van der Waals surface area contributed by atoms with Crippen LogP contribution in [0.1, 0.15) is 42.4 Å². The lowest BCUT2D eigenvalue weighted by Crippen LogP contribution is -2.67. The second-order valence-electron chi connectivity index (χ2n) is 8.63. The Balaban J connectivity index is 1.25. The number of anilines is 1. The number of piperazine rings is 1. The standard InChI is InChI=1S/C22H29N7O/c1-3-6-15(9-14-11-23-19-8-5-4-7-18(14)19)24-21(30)20-25-22(27-26-20)29-12-16-10-17(13-29)28(16)2/h4-5,7-8,11,15-17,23H,3,6,9-10,12-13H2,1-2H3,(H,24,30)(H,25,26,27). The Morgan fingerprint density at radius 3 is 2.83 bits per heavy atom. The first-order valence-corrected chi connectivity index (χ1v) is 10.9. The molecule has 6 rings (SSSR count). The van der Waals surface area contributed by atoms with Gasteiger partial charge in [-0.3, -0.25) is 9.69 Å². The summed E-state index contributed by atoms with van der Waals surface area (Å²) in [5.41, 5.74) is 2.35. The molecule has 1 aromatic carbocycles. The van der Waals surface area contributed by atoms with Crippen molar-refractivity contribution < 1.29 is 4.79 Å². The zero-order chi connectivity index (χ0) is 20.7. The van der Waals surface area contributed by atoms with Crippen LogP contribution in [0, 0.1) is 0 Å². The number of carbonyl (C=O) groups excluding carboxylic acids is 1. The van der Waals surface area contributed by atoms with Gasteiger partial charge in [0.25, 0.3) is 5.91 Å². The minimum atomic E-state index is -0.189. The topological polar surface area (TPSA) is 92.9 Å². The maximum atomic E-state index is 12.9. The molecule has 158 valence electrons. The van der Waals surface area contributed by atoms with Gasteiger partial charge >= 0.3 is 0 Å². The molecule has 0 saturated carbocycles. The van der Waals surface area contributed by atoms with Crippen molar-refractivity contribution in [3.63, 3.8) is 0 Å². The van der Waals surface area contributed by atoms with Crippen LogP contribution in [-0.2, 0) is 6.42 Å². The van der Waals surface area contributed by atoms with Crippen LogP contribution >= 0.6 is 0 Å². The van der Waals surface area contributed by atoms with E-state index in [9.17, 15) is 4.79 Å². The molecule has 3 N–H and O–H groups in total. The number of aromatic amines is 2. The first-order valence-electron chi connectivity index (χ1n) is 10.9. The van der Waals surface area contributed by atoms with E-state index in [0.29, 0.717) is 18.0 Å². The van der Waals surface area contributed by atoms with Crippen LogP contribution in [0.25, 0.3) is 10.9 Å². The third kappa shape index (κ3) is 3.45. The molecule has 3 aromatic rings. The Kier molecular flexibility index (Phi) is 4.94. The number of hydrogen-bond acceptors (Lipinski definition) is 5. The van der Waals surface area contributed by atoms with Crippen molar-refractivity contribution in [1.82, 2.24) is 30.4 Å². The van der Waals surface area contributed by atoms with E-state index in [1.54, 1.807) is 0 Å². The summed E-state index contributed by atoms with van der Waals surface area (Å²) in [6, 6.07) is 9.48. The van der Waals surface area contributed by atoms with Crippen LogP contribution in [0.3, 0.4) is 0 Å². The number of rotatable bonds is 7. The van der Waals surface area contributed by atoms with E-state index < -0.39 is 0 Å². The molecule has 8 heteroatoms. The monoisotopic (exact) mass is 407 g/mol. The van der Waals surface area contributed by atoms with Gasteiger partial charge in [0.1, 0.15) is 0 Å². The van der Waals surface area contributed by atoms with E-state index in [0.717, 1.165) is 37.9 Å². The van der Waals surface area contributed by atoms with Gasteiger partial charge in [-0.05, 0) is 37.9 Å². The average Bonchev–Trinajstić information content (AvgIpc) is 3.42. The summed E-state index contributed by atoms with van der Waals surface area (Å²) in [6.07, 6.45) is 5.99. The average molecular weight is 408 g/mol. The van der Waals surface area contributed by atoms with Gasteiger partial charge in [0.2, 0.25) is 11.8 Å². The molecule has 0 aliphatic carbocycles. The van der Waals surface area contributed by atoms with Crippen LogP contribution < -0.4 is 10.2 Å². The quantitative estimate of drug-likeness (QED) is 0.559. The zero-order valence-electron chi connectivity index (χ0n) is 17.6. The fraction of sp³-hybridized carbons (Fsp3) is 0.500. The number of nitrogens with one attached hydrogen (secondary N) is 3. The number of benzene rings is 1. The third-order valence-electron chi connectivity index (χ3n) is 6.66. The van der Waals surface area contributed by atoms with Crippen molar-refractivity contribution in [2.24, 2.45) is 0 Å². The Hall–Kier alpha value is -2.87. The van der Waals surface area contributed by atoms with E-state index in [-0.39, 0.29) is 17.8 Å². The van der Waals surface area contributed by atoms with Gasteiger partial charge in [-0.2, -0.15) is 0 Å². The predicted molar refractivity (Wildman–Crippen MR) is 117 cm³/mol. The van der Waals surface area contributed by atoms with Gasteiger partial charge in [0.05, 0.1) is 0 Å². The Labute approximate surface area is 176 Å². The van der Waals surface area contributed by atoms with Crippen LogP contribution in [0.2, 0.25) is 0 Å². The van der Waals surface area contributed by atoms with E-state index in [4.69, 9.17) is 0 Å². The highest BCUT2D eigenvalue weighted by Gasteiger charge is 2.43. The molecule has 3 fully saturated rings. The molecule has 30 heavy (non-hydrogen) atoms. The molecule has 2 aromatic heterocycles. The smallest absolute Gasteiger partial charge is 0.289 e. The molecule has 3 unspecified atom stereocenters. The van der Waals surface area contributed by atoms with Crippen molar-refractivity contribution in [2.75, 3.05) is 25.0 Å². The molecule has 3 aliphatic heterocycles. The summed E-state index contributed by atoms with van der Waals surface area (Å²) < 4.78 is 0. The molecular weight excluding hydrogens is 378 g/mol. The summed E-state index contributed by atoms with van der Waals surface area (Å²) in [6.45, 7) is 4.00. The summed E-state index contributed by atoms with van der Waals surface area (Å²) in [5, 5.41) is 12.8. The normalized spacial score (nSPS) is 22.1. The second kappa shape index (κ2) is 7.75. The summed E-state index contributed by atoms with van der Waals surface area (Å²) in [5.74, 6) is 0.801. The maximum absolute atomic E-state index is 12.9. The van der Waals surface area contributed by atoms with E-state index in [2.05, 4.69) is 61.4 Å². The van der Waals surface area contributed by atoms with Gasteiger partial charge in [-0.25, -0.2) is 0 Å². The fourth-order valence-corrected chi connectivity index (χ4v) is 4.86. The lowest BCUT2D eigenvalue weighted by Gasteiger charge is -2.54. The van der Waals surface area contributed by atoms with E-state index in [1.807, 2.05) is 18.3 Å². The molecule has 3 atom stereocenters. The Morgan fingerprint density at radius 1 is 1.27 bits per heavy atom. The third-order valence-corrected chi connectivity index (χ3v) is 6.66. The van der Waals surface area contributed by atoms with Crippen LogP contribution in [0.15, 0.2) is 30.5 Å². The molecule has 3 saturated heterocycles.